The molecule has 0 saturated heterocycles. The van der Waals surface area contributed by atoms with Crippen LogP contribution in [0.5, 0.6) is 0 Å². The second-order valence-corrected chi connectivity index (χ2v) is 4.65. The first kappa shape index (κ1) is 16.1. The molecule has 0 aromatic rings. The summed E-state index contributed by atoms with van der Waals surface area (Å²) in [5.41, 5.74) is 5.05. The molecule has 0 heterocycles. The molecule has 0 fully saturated rings. The number of nitrogens with one attached hydrogen (secondary N) is 2. The number of alkyl halides is 3. The van der Waals surface area contributed by atoms with Gasteiger partial charge in [-0.3, -0.25) is 4.79 Å². The van der Waals surface area contributed by atoms with Gasteiger partial charge in [-0.25, -0.2) is 4.72 Å². The molecule has 0 unspecified atom stereocenters. The zero-order chi connectivity index (χ0) is 13.7. The molecule has 0 saturated carbocycles. The van der Waals surface area contributed by atoms with Crippen LogP contribution >= 0.6 is 0 Å². The van der Waals surface area contributed by atoms with E-state index >= 15 is 0 Å². The van der Waals surface area contributed by atoms with Crippen molar-refractivity contribution in [3.05, 3.63) is 0 Å². The van der Waals surface area contributed by atoms with Crippen molar-refractivity contribution in [2.45, 2.75) is 18.6 Å². The number of aliphatic carboxylic acids is 1. The van der Waals surface area contributed by atoms with Crippen molar-refractivity contribution < 1.29 is 31.5 Å². The first-order valence-corrected chi connectivity index (χ1v) is 5.81. The van der Waals surface area contributed by atoms with Gasteiger partial charge in [-0.05, 0) is 6.42 Å². The molecule has 102 valence electrons. The third-order valence-electron chi connectivity index (χ3n) is 1.53. The Morgan fingerprint density at radius 3 is 2.29 bits per heavy atom. The van der Waals surface area contributed by atoms with Gasteiger partial charge in [-0.15, -0.1) is 0 Å². The lowest BCUT2D eigenvalue weighted by Gasteiger charge is -2.11. The number of carbonyl (C=O) groups is 1. The molecule has 0 aliphatic carbocycles. The summed E-state index contributed by atoms with van der Waals surface area (Å²) in [6.07, 6.45) is -4.89. The zero-order valence-corrected chi connectivity index (χ0v) is 9.31. The van der Waals surface area contributed by atoms with Crippen molar-refractivity contribution in [1.29, 1.82) is 0 Å². The summed E-state index contributed by atoms with van der Waals surface area (Å²) in [5.74, 6) is -1.33. The van der Waals surface area contributed by atoms with Gasteiger partial charge in [-0.1, -0.05) is 0 Å². The maximum absolute atomic E-state index is 11.7. The van der Waals surface area contributed by atoms with Gasteiger partial charge >= 0.3 is 12.1 Å². The van der Waals surface area contributed by atoms with E-state index in [1.165, 1.54) is 4.72 Å². The summed E-state index contributed by atoms with van der Waals surface area (Å²) < 4.78 is 59.9. The van der Waals surface area contributed by atoms with E-state index in [2.05, 4.69) is 0 Å². The maximum atomic E-state index is 11.7. The van der Waals surface area contributed by atoms with Gasteiger partial charge in [-0.2, -0.15) is 26.3 Å². The van der Waals surface area contributed by atoms with Crippen LogP contribution in [0.1, 0.15) is 6.42 Å². The average molecular weight is 279 g/mol. The van der Waals surface area contributed by atoms with E-state index in [0.29, 0.717) is 0 Å². The smallest absolute Gasteiger partial charge is 0.402 e. The third kappa shape index (κ3) is 8.85. The highest BCUT2D eigenvalue weighted by atomic mass is 32.2. The predicted molar refractivity (Wildman–Crippen MR) is 51.2 cm³/mol. The Hall–Kier alpha value is -0.910. The van der Waals surface area contributed by atoms with Gasteiger partial charge in [0.15, 0.2) is 0 Å². The Morgan fingerprint density at radius 1 is 1.35 bits per heavy atom. The Morgan fingerprint density at radius 2 is 1.88 bits per heavy atom. The van der Waals surface area contributed by atoms with Crippen molar-refractivity contribution >= 4 is 16.2 Å². The quantitative estimate of drug-likeness (QED) is 0.465. The second-order valence-electron chi connectivity index (χ2n) is 3.07. The van der Waals surface area contributed by atoms with E-state index in [9.17, 15) is 26.4 Å². The lowest BCUT2D eigenvalue weighted by molar-refractivity contribution is -0.138. The van der Waals surface area contributed by atoms with E-state index in [0.717, 1.165) is 0 Å². The molecule has 0 aliphatic heterocycles. The Kier molecular flexibility index (Phi) is 5.81. The minimum atomic E-state index is -4.66. The molecule has 0 amide bonds. The summed E-state index contributed by atoms with van der Waals surface area (Å²) in [7, 11) is -4.30. The molecule has 7 nitrogen and oxygen atoms in total. The second kappa shape index (κ2) is 6.14. The molecular weight excluding hydrogens is 267 g/mol. The number of nitrogens with two attached hydrogens (primary N) is 1. The molecule has 0 radical (unpaired) electrons. The first-order valence-electron chi connectivity index (χ1n) is 4.33. The van der Waals surface area contributed by atoms with Gasteiger partial charge in [0.2, 0.25) is 0 Å². The van der Waals surface area contributed by atoms with Crippen LogP contribution < -0.4 is 15.2 Å². The summed E-state index contributed by atoms with van der Waals surface area (Å²) in [6.45, 7) is -2.08. The number of hydrogen-bond acceptors (Lipinski definition) is 4. The molecule has 5 N–H and O–H groups in total. The van der Waals surface area contributed by atoms with Crippen LogP contribution in [0.25, 0.3) is 0 Å². The molecule has 1 atom stereocenters. The van der Waals surface area contributed by atoms with E-state index in [4.69, 9.17) is 10.8 Å². The van der Waals surface area contributed by atoms with E-state index in [1.54, 1.807) is 4.72 Å². The zero-order valence-electron chi connectivity index (χ0n) is 8.49. The number of hydrogen-bond donors (Lipinski definition) is 4. The van der Waals surface area contributed by atoms with Crippen molar-refractivity contribution in [1.82, 2.24) is 9.44 Å². The molecular formula is C6H12F3N3O4S. The highest BCUT2D eigenvalue weighted by molar-refractivity contribution is 7.87. The van der Waals surface area contributed by atoms with Crippen LogP contribution in [0.4, 0.5) is 13.2 Å². The summed E-state index contributed by atoms with van der Waals surface area (Å²) in [5, 5.41) is 8.35. The van der Waals surface area contributed by atoms with Crippen molar-refractivity contribution in [2.75, 3.05) is 13.1 Å². The van der Waals surface area contributed by atoms with Crippen LogP contribution in [0.3, 0.4) is 0 Å². The number of rotatable bonds is 7. The highest BCUT2D eigenvalue weighted by Crippen LogP contribution is 2.12. The number of carboxylic acid groups (broad SMARTS) is 1. The maximum Gasteiger partial charge on any atom is 0.402 e. The van der Waals surface area contributed by atoms with Crippen molar-refractivity contribution in [3.8, 4) is 0 Å². The normalized spacial score (nSPS) is 14.6. The van der Waals surface area contributed by atoms with Crippen LogP contribution in [0.15, 0.2) is 0 Å². The standard InChI is InChI=1S/C6H12F3N3O4S/c7-6(8,9)3-12-17(15,16)11-2-1-4(10)5(13)14/h4,11-12H,1-3,10H2,(H,13,14)/t4-/m0/s1. The SMILES string of the molecule is N[C@@H](CCNS(=O)(=O)NCC(F)(F)F)C(=O)O. The Balaban J connectivity index is 3.99. The Bertz CT molecular complexity index is 356. The molecule has 0 rings (SSSR count). The largest absolute Gasteiger partial charge is 0.480 e. The fourth-order valence-corrected chi connectivity index (χ4v) is 1.54. The first-order chi connectivity index (χ1) is 7.53. The fourth-order valence-electron chi connectivity index (χ4n) is 0.700. The van der Waals surface area contributed by atoms with Gasteiger partial charge in [0.1, 0.15) is 12.6 Å². The molecule has 11 heteroatoms. The number of carboxylic acids is 1. The molecule has 0 bridgehead atoms. The molecule has 0 aromatic carbocycles. The lowest BCUT2D eigenvalue weighted by atomic mass is 10.2. The van der Waals surface area contributed by atoms with E-state index in [1.807, 2.05) is 0 Å². The molecule has 0 spiro atoms. The minimum absolute atomic E-state index is 0.234. The third-order valence-corrected chi connectivity index (χ3v) is 2.64. The monoisotopic (exact) mass is 279 g/mol. The Labute approximate surface area is 95.4 Å². The van der Waals surface area contributed by atoms with Crippen molar-refractivity contribution in [3.63, 3.8) is 0 Å². The predicted octanol–water partition coefficient (Wildman–Crippen LogP) is -1.23. The summed E-state index contributed by atoms with van der Waals surface area (Å²) in [4.78, 5) is 10.2. The van der Waals surface area contributed by atoms with E-state index in [-0.39, 0.29) is 13.0 Å². The highest BCUT2D eigenvalue weighted by Gasteiger charge is 2.29. The molecule has 0 aliphatic rings. The topological polar surface area (TPSA) is 122 Å². The number of halogens is 3. The molecule has 17 heavy (non-hydrogen) atoms. The summed E-state index contributed by atoms with van der Waals surface area (Å²) >= 11 is 0. The van der Waals surface area contributed by atoms with Gasteiger partial charge < -0.3 is 10.8 Å². The lowest BCUT2D eigenvalue weighted by Crippen LogP contribution is -2.43. The van der Waals surface area contributed by atoms with Crippen LogP contribution in [-0.4, -0.2) is 44.8 Å². The van der Waals surface area contributed by atoms with Gasteiger partial charge in [0.25, 0.3) is 10.2 Å². The van der Waals surface area contributed by atoms with Crippen molar-refractivity contribution in [2.24, 2.45) is 5.73 Å². The summed E-state index contributed by atoms with van der Waals surface area (Å²) in [6, 6.07) is -1.28. The fraction of sp³-hybridized carbons (Fsp3) is 0.833. The van der Waals surface area contributed by atoms with Crippen LogP contribution in [0.2, 0.25) is 0 Å². The molecule has 0 aromatic heterocycles. The van der Waals surface area contributed by atoms with Crippen LogP contribution in [-0.2, 0) is 15.0 Å². The minimum Gasteiger partial charge on any atom is -0.480 e. The van der Waals surface area contributed by atoms with Gasteiger partial charge in [0, 0.05) is 6.54 Å². The van der Waals surface area contributed by atoms with E-state index < -0.39 is 34.9 Å². The van der Waals surface area contributed by atoms with Crippen LogP contribution in [0, 0.1) is 0 Å². The van der Waals surface area contributed by atoms with Gasteiger partial charge in [0.05, 0.1) is 0 Å². The average Bonchev–Trinajstić information content (AvgIpc) is 2.13.